The Bertz CT molecular complexity index is 433. The number of likely N-dealkylation sites (N-methyl/N-ethyl adjacent to an activating group) is 1. The second kappa shape index (κ2) is 5.66. The Hall–Kier alpha value is -1.85. The molecule has 1 amide bonds. The summed E-state index contributed by atoms with van der Waals surface area (Å²) in [5.41, 5.74) is 0.763. The molecule has 6 nitrogen and oxygen atoms in total. The van der Waals surface area contributed by atoms with Gasteiger partial charge in [-0.1, -0.05) is 6.92 Å². The van der Waals surface area contributed by atoms with E-state index in [9.17, 15) is 9.59 Å². The van der Waals surface area contributed by atoms with Gasteiger partial charge in [0, 0.05) is 13.6 Å². The maximum atomic E-state index is 11.8. The molecule has 6 heteroatoms. The maximum absolute atomic E-state index is 11.8. The van der Waals surface area contributed by atoms with E-state index >= 15 is 0 Å². The largest absolute Gasteiger partial charge is 0.481 e. The summed E-state index contributed by atoms with van der Waals surface area (Å²) in [6, 6.07) is 0. The minimum Gasteiger partial charge on any atom is -0.481 e. The zero-order valence-electron chi connectivity index (χ0n) is 11.1. The van der Waals surface area contributed by atoms with Crippen molar-refractivity contribution in [2.24, 2.45) is 5.92 Å². The summed E-state index contributed by atoms with van der Waals surface area (Å²) in [4.78, 5) is 28.0. The van der Waals surface area contributed by atoms with Gasteiger partial charge < -0.3 is 14.4 Å². The Balaban J connectivity index is 2.57. The highest BCUT2D eigenvalue weighted by atomic mass is 16.4. The third kappa shape index (κ3) is 3.58. The lowest BCUT2D eigenvalue weighted by atomic mass is 10.1. The molecule has 1 rings (SSSR count). The summed E-state index contributed by atoms with van der Waals surface area (Å²) in [7, 11) is 1.57. The predicted molar refractivity (Wildman–Crippen MR) is 64.1 cm³/mol. The zero-order valence-corrected chi connectivity index (χ0v) is 11.1. The Morgan fingerprint density at radius 3 is 2.50 bits per heavy atom. The van der Waals surface area contributed by atoms with Crippen molar-refractivity contribution in [2.75, 3.05) is 13.6 Å². The molecule has 18 heavy (non-hydrogen) atoms. The molecule has 1 heterocycles. The molecule has 0 aromatic carbocycles. The van der Waals surface area contributed by atoms with Gasteiger partial charge in [-0.25, -0.2) is 4.98 Å². The van der Waals surface area contributed by atoms with E-state index in [0.29, 0.717) is 11.7 Å². The molecule has 0 aliphatic heterocycles. The molecule has 1 aromatic heterocycles. The van der Waals surface area contributed by atoms with E-state index in [-0.39, 0.29) is 18.9 Å². The summed E-state index contributed by atoms with van der Waals surface area (Å²) in [6.45, 7) is 5.33. The predicted octanol–water partition coefficient (Wildman–Crippen LogP) is 1.01. The van der Waals surface area contributed by atoms with Crippen LogP contribution < -0.4 is 0 Å². The number of carboxylic acid groups (broad SMARTS) is 1. The van der Waals surface area contributed by atoms with Crippen molar-refractivity contribution in [3.63, 3.8) is 0 Å². The van der Waals surface area contributed by atoms with Gasteiger partial charge in [0.15, 0.2) is 0 Å². The highest BCUT2D eigenvalue weighted by molar-refractivity contribution is 5.78. The van der Waals surface area contributed by atoms with Gasteiger partial charge in [-0.15, -0.1) is 0 Å². The molecule has 0 radical (unpaired) electrons. The SMILES string of the molecule is Cc1nc(CC(=O)N(C)CC(C)C(=O)O)oc1C. The van der Waals surface area contributed by atoms with Crippen LogP contribution in [0.5, 0.6) is 0 Å². The fourth-order valence-electron chi connectivity index (χ4n) is 1.47. The third-order valence-corrected chi connectivity index (χ3v) is 2.77. The molecular formula is C12H18N2O4. The van der Waals surface area contributed by atoms with Crippen molar-refractivity contribution in [3.8, 4) is 0 Å². The molecule has 1 atom stereocenters. The van der Waals surface area contributed by atoms with Crippen LogP contribution >= 0.6 is 0 Å². The van der Waals surface area contributed by atoms with Crippen LogP contribution in [0.1, 0.15) is 24.3 Å². The molecule has 100 valence electrons. The first kappa shape index (κ1) is 14.2. The standard InChI is InChI=1S/C12H18N2O4/c1-7(12(16)17)6-14(4)11(15)5-10-13-8(2)9(3)18-10/h7H,5-6H2,1-4H3,(H,16,17). The number of carbonyl (C=O) groups excluding carboxylic acids is 1. The van der Waals surface area contributed by atoms with Crippen LogP contribution in [-0.2, 0) is 16.0 Å². The number of carbonyl (C=O) groups is 2. The lowest BCUT2D eigenvalue weighted by Crippen LogP contribution is -2.34. The summed E-state index contributed by atoms with van der Waals surface area (Å²) < 4.78 is 5.31. The summed E-state index contributed by atoms with van der Waals surface area (Å²) in [5.74, 6) is -0.655. The first-order valence-corrected chi connectivity index (χ1v) is 5.71. The van der Waals surface area contributed by atoms with Gasteiger partial charge in [-0.2, -0.15) is 0 Å². The van der Waals surface area contributed by atoms with Crippen LogP contribution in [0, 0.1) is 19.8 Å². The zero-order chi connectivity index (χ0) is 13.9. The van der Waals surface area contributed by atoms with Crippen LogP contribution in [0.25, 0.3) is 0 Å². The second-order valence-electron chi connectivity index (χ2n) is 4.44. The van der Waals surface area contributed by atoms with Crippen LogP contribution in [0.2, 0.25) is 0 Å². The van der Waals surface area contributed by atoms with Gasteiger partial charge in [0.1, 0.15) is 12.2 Å². The summed E-state index contributed by atoms with van der Waals surface area (Å²) in [5, 5.41) is 8.77. The van der Waals surface area contributed by atoms with E-state index in [2.05, 4.69) is 4.98 Å². The number of hydrogen-bond donors (Lipinski definition) is 1. The first-order valence-electron chi connectivity index (χ1n) is 5.71. The smallest absolute Gasteiger partial charge is 0.308 e. The molecular weight excluding hydrogens is 236 g/mol. The summed E-state index contributed by atoms with van der Waals surface area (Å²) >= 11 is 0. The fraction of sp³-hybridized carbons (Fsp3) is 0.583. The van der Waals surface area contributed by atoms with E-state index in [1.807, 2.05) is 6.92 Å². The molecule has 0 spiro atoms. The van der Waals surface area contributed by atoms with Gasteiger partial charge in [-0.3, -0.25) is 9.59 Å². The molecule has 1 unspecified atom stereocenters. The normalized spacial score (nSPS) is 12.2. The highest BCUT2D eigenvalue weighted by Crippen LogP contribution is 2.10. The molecule has 0 saturated carbocycles. The number of nitrogens with zero attached hydrogens (tertiary/aromatic N) is 2. The van der Waals surface area contributed by atoms with Crippen molar-refractivity contribution in [1.82, 2.24) is 9.88 Å². The molecule has 0 saturated heterocycles. The number of aliphatic carboxylic acids is 1. The Morgan fingerprint density at radius 1 is 1.44 bits per heavy atom. The topological polar surface area (TPSA) is 83.6 Å². The molecule has 1 aromatic rings. The Morgan fingerprint density at radius 2 is 2.06 bits per heavy atom. The number of oxazole rings is 1. The highest BCUT2D eigenvalue weighted by Gasteiger charge is 2.19. The van der Waals surface area contributed by atoms with Gasteiger partial charge in [0.25, 0.3) is 0 Å². The average molecular weight is 254 g/mol. The number of aryl methyl sites for hydroxylation is 2. The van der Waals surface area contributed by atoms with Crippen LogP contribution in [0.3, 0.4) is 0 Å². The van der Waals surface area contributed by atoms with Gasteiger partial charge in [-0.05, 0) is 13.8 Å². The van der Waals surface area contributed by atoms with Crippen LogP contribution in [0.15, 0.2) is 4.42 Å². The van der Waals surface area contributed by atoms with Crippen molar-refractivity contribution >= 4 is 11.9 Å². The number of carboxylic acids is 1. The second-order valence-corrected chi connectivity index (χ2v) is 4.44. The number of hydrogen-bond acceptors (Lipinski definition) is 4. The summed E-state index contributed by atoms with van der Waals surface area (Å²) in [6.07, 6.45) is 0.0531. The van der Waals surface area contributed by atoms with Gasteiger partial charge >= 0.3 is 5.97 Å². The lowest BCUT2D eigenvalue weighted by molar-refractivity contribution is -0.142. The van der Waals surface area contributed by atoms with Gasteiger partial charge in [0.05, 0.1) is 11.6 Å². The quantitative estimate of drug-likeness (QED) is 0.847. The Labute approximate surface area is 106 Å². The number of aromatic nitrogens is 1. The van der Waals surface area contributed by atoms with Crippen molar-refractivity contribution in [1.29, 1.82) is 0 Å². The van der Waals surface area contributed by atoms with Crippen molar-refractivity contribution in [2.45, 2.75) is 27.2 Å². The monoisotopic (exact) mass is 254 g/mol. The first-order chi connectivity index (χ1) is 8.31. The fourth-order valence-corrected chi connectivity index (χ4v) is 1.47. The molecule has 0 fully saturated rings. The van der Waals surface area contributed by atoms with E-state index in [1.54, 1.807) is 20.9 Å². The van der Waals surface area contributed by atoms with Gasteiger partial charge in [0.2, 0.25) is 11.8 Å². The average Bonchev–Trinajstić information content (AvgIpc) is 2.57. The minimum atomic E-state index is -0.919. The van der Waals surface area contributed by atoms with E-state index in [0.717, 1.165) is 5.69 Å². The molecule has 0 aliphatic rings. The lowest BCUT2D eigenvalue weighted by Gasteiger charge is -2.18. The molecule has 0 aliphatic carbocycles. The maximum Gasteiger partial charge on any atom is 0.308 e. The van der Waals surface area contributed by atoms with Crippen LogP contribution in [-0.4, -0.2) is 40.5 Å². The number of amides is 1. The molecule has 1 N–H and O–H groups in total. The third-order valence-electron chi connectivity index (χ3n) is 2.77. The van der Waals surface area contributed by atoms with Crippen molar-refractivity contribution < 1.29 is 19.1 Å². The molecule has 0 bridgehead atoms. The van der Waals surface area contributed by atoms with Crippen LogP contribution in [0.4, 0.5) is 0 Å². The number of rotatable bonds is 5. The van der Waals surface area contributed by atoms with E-state index in [4.69, 9.17) is 9.52 Å². The van der Waals surface area contributed by atoms with E-state index < -0.39 is 11.9 Å². The van der Waals surface area contributed by atoms with E-state index in [1.165, 1.54) is 4.90 Å². The minimum absolute atomic E-state index is 0.0531. The van der Waals surface area contributed by atoms with Crippen molar-refractivity contribution in [3.05, 3.63) is 17.3 Å². The Kier molecular flexibility index (Phi) is 4.47.